The average molecular weight is 300 g/mol. The number of halogens is 1. The van der Waals surface area contributed by atoms with Crippen LogP contribution in [0, 0.1) is 23.0 Å². The van der Waals surface area contributed by atoms with E-state index in [1.165, 1.54) is 0 Å². The van der Waals surface area contributed by atoms with E-state index in [1.807, 2.05) is 41.8 Å². The zero-order chi connectivity index (χ0) is 14.3. The van der Waals surface area contributed by atoms with Gasteiger partial charge in [-0.1, -0.05) is 17.7 Å². The standard InChI is InChI=1S/C15H10ClN3S/c1-9-11(16)3-2-4-13(9)19-14-7-10(8-17)5-6-12(14)18-15(19)20/h2-7H,1H3,(H,18,20). The molecule has 2 aromatic carbocycles. The van der Waals surface area contributed by atoms with E-state index in [-0.39, 0.29) is 0 Å². The highest BCUT2D eigenvalue weighted by Gasteiger charge is 2.10. The molecule has 0 amide bonds. The summed E-state index contributed by atoms with van der Waals surface area (Å²) in [7, 11) is 0. The SMILES string of the molecule is Cc1c(Cl)cccc1-n1c(=S)[nH]c2ccc(C#N)cc21. The van der Waals surface area contributed by atoms with E-state index in [9.17, 15) is 0 Å². The van der Waals surface area contributed by atoms with E-state index < -0.39 is 0 Å². The van der Waals surface area contributed by atoms with Crippen LogP contribution >= 0.6 is 23.8 Å². The Morgan fingerprint density at radius 3 is 2.85 bits per heavy atom. The van der Waals surface area contributed by atoms with Gasteiger partial charge in [-0.25, -0.2) is 0 Å². The number of hydrogen-bond acceptors (Lipinski definition) is 2. The molecule has 0 saturated heterocycles. The van der Waals surface area contributed by atoms with Crippen molar-refractivity contribution in [2.24, 2.45) is 0 Å². The van der Waals surface area contributed by atoms with Crippen molar-refractivity contribution in [1.82, 2.24) is 9.55 Å². The Balaban J connectivity index is 2.42. The molecule has 0 atom stereocenters. The van der Waals surface area contributed by atoms with Crippen molar-refractivity contribution < 1.29 is 0 Å². The van der Waals surface area contributed by atoms with E-state index in [4.69, 9.17) is 29.1 Å². The Hall–Kier alpha value is -2.09. The summed E-state index contributed by atoms with van der Waals surface area (Å²) in [6.07, 6.45) is 0. The van der Waals surface area contributed by atoms with Crippen LogP contribution in [-0.2, 0) is 0 Å². The van der Waals surface area contributed by atoms with E-state index >= 15 is 0 Å². The number of nitriles is 1. The lowest BCUT2D eigenvalue weighted by Crippen LogP contribution is -1.97. The minimum atomic E-state index is 0.584. The van der Waals surface area contributed by atoms with Crippen molar-refractivity contribution in [1.29, 1.82) is 5.26 Å². The molecule has 0 saturated carbocycles. The van der Waals surface area contributed by atoms with Gasteiger partial charge in [-0.05, 0) is 55.0 Å². The molecular formula is C15H10ClN3S. The summed E-state index contributed by atoms with van der Waals surface area (Å²) in [4.78, 5) is 3.15. The summed E-state index contributed by atoms with van der Waals surface area (Å²) in [6, 6.07) is 13.3. The fraction of sp³-hybridized carbons (Fsp3) is 0.0667. The molecule has 0 aliphatic heterocycles. The van der Waals surface area contributed by atoms with Crippen molar-refractivity contribution in [3.63, 3.8) is 0 Å². The van der Waals surface area contributed by atoms with Crippen molar-refractivity contribution in [2.45, 2.75) is 6.92 Å². The lowest BCUT2D eigenvalue weighted by Gasteiger charge is -2.09. The summed E-state index contributed by atoms with van der Waals surface area (Å²) in [5.41, 5.74) is 4.24. The first-order valence-electron chi connectivity index (χ1n) is 6.02. The van der Waals surface area contributed by atoms with Gasteiger partial charge in [-0.3, -0.25) is 4.57 Å². The molecule has 1 N–H and O–H groups in total. The molecule has 0 bridgehead atoms. The van der Waals surface area contributed by atoms with Crippen LogP contribution in [-0.4, -0.2) is 9.55 Å². The number of hydrogen-bond donors (Lipinski definition) is 1. The predicted molar refractivity (Wildman–Crippen MR) is 82.9 cm³/mol. The van der Waals surface area contributed by atoms with Crippen LogP contribution < -0.4 is 0 Å². The van der Waals surface area contributed by atoms with Gasteiger partial charge in [0.15, 0.2) is 4.77 Å². The van der Waals surface area contributed by atoms with Gasteiger partial charge < -0.3 is 4.98 Å². The smallest absolute Gasteiger partial charge is 0.182 e. The van der Waals surface area contributed by atoms with Crippen LogP contribution in [0.2, 0.25) is 5.02 Å². The van der Waals surface area contributed by atoms with Crippen molar-refractivity contribution in [2.75, 3.05) is 0 Å². The molecule has 1 aromatic heterocycles. The van der Waals surface area contributed by atoms with Crippen LogP contribution in [0.3, 0.4) is 0 Å². The summed E-state index contributed by atoms with van der Waals surface area (Å²) in [5, 5.41) is 9.74. The van der Waals surface area contributed by atoms with Crippen molar-refractivity contribution >= 4 is 34.9 Å². The third-order valence-corrected chi connectivity index (χ3v) is 3.99. The molecule has 0 aliphatic carbocycles. The normalized spacial score (nSPS) is 10.7. The van der Waals surface area contributed by atoms with Crippen LogP contribution in [0.4, 0.5) is 0 Å². The first kappa shape index (κ1) is 12.9. The molecular weight excluding hydrogens is 290 g/mol. The molecule has 0 unspecified atom stereocenters. The fourth-order valence-electron chi connectivity index (χ4n) is 2.25. The second-order valence-corrected chi connectivity index (χ2v) is 5.29. The fourth-order valence-corrected chi connectivity index (χ4v) is 2.73. The first-order valence-corrected chi connectivity index (χ1v) is 6.81. The van der Waals surface area contributed by atoms with Crippen LogP contribution in [0.15, 0.2) is 36.4 Å². The average Bonchev–Trinajstić information content (AvgIpc) is 2.77. The number of rotatable bonds is 1. The molecule has 3 aromatic rings. The number of aromatic amines is 1. The third-order valence-electron chi connectivity index (χ3n) is 3.29. The Kier molecular flexibility index (Phi) is 3.09. The maximum Gasteiger partial charge on any atom is 0.182 e. The zero-order valence-corrected chi connectivity index (χ0v) is 12.2. The van der Waals surface area contributed by atoms with Crippen molar-refractivity contribution in [3.8, 4) is 11.8 Å². The third kappa shape index (κ3) is 1.92. The summed E-state index contributed by atoms with van der Waals surface area (Å²) in [5.74, 6) is 0. The maximum absolute atomic E-state index is 9.05. The zero-order valence-electron chi connectivity index (χ0n) is 10.6. The van der Waals surface area contributed by atoms with E-state index in [0.717, 1.165) is 22.3 Å². The number of fused-ring (bicyclic) bond motifs is 1. The van der Waals surface area contributed by atoms with Gasteiger partial charge >= 0.3 is 0 Å². The Bertz CT molecular complexity index is 915. The molecule has 20 heavy (non-hydrogen) atoms. The summed E-state index contributed by atoms with van der Waals surface area (Å²) >= 11 is 11.6. The lowest BCUT2D eigenvalue weighted by molar-refractivity contribution is 1.05. The highest BCUT2D eigenvalue weighted by Crippen LogP contribution is 2.26. The molecule has 1 heterocycles. The monoisotopic (exact) mass is 299 g/mol. The van der Waals surface area contributed by atoms with Gasteiger partial charge in [0.25, 0.3) is 0 Å². The van der Waals surface area contributed by atoms with E-state index in [2.05, 4.69) is 11.1 Å². The van der Waals surface area contributed by atoms with Crippen LogP contribution in [0.5, 0.6) is 0 Å². The molecule has 5 heteroatoms. The molecule has 0 radical (unpaired) electrons. The first-order chi connectivity index (χ1) is 9.61. The topological polar surface area (TPSA) is 44.5 Å². The van der Waals surface area contributed by atoms with Gasteiger partial charge in [0.05, 0.1) is 28.4 Å². The molecule has 0 fully saturated rings. The largest absolute Gasteiger partial charge is 0.330 e. The number of benzene rings is 2. The minimum absolute atomic E-state index is 0.584. The molecule has 0 aliphatic rings. The van der Waals surface area contributed by atoms with E-state index in [1.54, 1.807) is 6.07 Å². The minimum Gasteiger partial charge on any atom is -0.330 e. The molecule has 98 valence electrons. The van der Waals surface area contributed by atoms with Crippen LogP contribution in [0.1, 0.15) is 11.1 Å². The summed E-state index contributed by atoms with van der Waals surface area (Å²) in [6.45, 7) is 1.95. The number of aromatic nitrogens is 2. The maximum atomic E-state index is 9.05. The van der Waals surface area contributed by atoms with E-state index in [0.29, 0.717) is 15.4 Å². The lowest BCUT2D eigenvalue weighted by atomic mass is 10.1. The van der Waals surface area contributed by atoms with Gasteiger partial charge in [0.1, 0.15) is 0 Å². The Morgan fingerprint density at radius 2 is 2.10 bits per heavy atom. The Labute approximate surface area is 126 Å². The van der Waals surface area contributed by atoms with Crippen LogP contribution in [0.25, 0.3) is 16.7 Å². The number of H-pyrrole nitrogens is 1. The van der Waals surface area contributed by atoms with Gasteiger partial charge in [-0.2, -0.15) is 5.26 Å². The van der Waals surface area contributed by atoms with Gasteiger partial charge in [0.2, 0.25) is 0 Å². The number of nitrogens with zero attached hydrogens (tertiary/aromatic N) is 2. The van der Waals surface area contributed by atoms with Gasteiger partial charge in [0, 0.05) is 5.02 Å². The highest BCUT2D eigenvalue weighted by atomic mass is 35.5. The second kappa shape index (κ2) is 4.78. The molecule has 0 spiro atoms. The summed E-state index contributed by atoms with van der Waals surface area (Å²) < 4.78 is 2.49. The second-order valence-electron chi connectivity index (χ2n) is 4.49. The number of nitrogens with one attached hydrogen (secondary N) is 1. The molecule has 3 nitrogen and oxygen atoms in total. The predicted octanol–water partition coefficient (Wildman–Crippen LogP) is 4.52. The molecule has 3 rings (SSSR count). The highest BCUT2D eigenvalue weighted by molar-refractivity contribution is 7.71. The number of imidazole rings is 1. The Morgan fingerprint density at radius 1 is 1.30 bits per heavy atom. The van der Waals surface area contributed by atoms with Crippen molar-refractivity contribution in [3.05, 3.63) is 57.3 Å². The quantitative estimate of drug-likeness (QED) is 0.671. The van der Waals surface area contributed by atoms with Gasteiger partial charge in [-0.15, -0.1) is 0 Å².